The van der Waals surface area contributed by atoms with Crippen LogP contribution < -0.4 is 15.7 Å². The fourth-order valence-electron chi connectivity index (χ4n) is 13.2. The first-order chi connectivity index (χ1) is 38.6. The Bertz CT molecular complexity index is 4610. The number of furan rings is 2. The average Bonchev–Trinajstić information content (AvgIpc) is 4.37. The summed E-state index contributed by atoms with van der Waals surface area (Å²) in [6.45, 7) is -0.0967. The molecule has 3 nitrogen and oxygen atoms in total. The van der Waals surface area contributed by atoms with Crippen LogP contribution in [0.25, 0.3) is 151 Å². The third kappa shape index (κ3) is 6.21. The fourth-order valence-corrected chi connectivity index (χ4v) is 15.3. The van der Waals surface area contributed by atoms with E-state index in [4.69, 9.17) is 8.83 Å². The van der Waals surface area contributed by atoms with Crippen LogP contribution in [-0.2, 0) is 0 Å². The molecule has 6 heteroatoms. The number of fused-ring (bicyclic) bond motifs is 23. The second-order valence-electron chi connectivity index (χ2n) is 21.1. The standard InChI is InChI=1S/C72H40BNO2S2/c1-5-13-65-49(9-1)57-37-45(21-29-67(57)75-65)41-17-25-61-53(33-41)55-35-43(46-22-30-68-58(38-46)50-10-2-6-14-66(50)76-68)19-27-63(55)74-64-28-20-44(48-24-32-72-60(40-48)52-12-4-8-16-70(52)78-72)36-56(64)54-34-42(18-26-62(54)73(61)74)47-23-31-71-59(39-47)51-11-3-7-15-69(51)77-71/h1-40H. The predicted molar refractivity (Wildman–Crippen MR) is 333 cm³/mol. The van der Waals surface area contributed by atoms with Gasteiger partial charge in [0.1, 0.15) is 22.3 Å². The lowest BCUT2D eigenvalue weighted by molar-refractivity contribution is 0.668. The molecule has 0 aliphatic carbocycles. The van der Waals surface area contributed by atoms with Gasteiger partial charge in [-0.15, -0.1) is 22.7 Å². The summed E-state index contributed by atoms with van der Waals surface area (Å²) in [7, 11) is 0. The van der Waals surface area contributed by atoms with Gasteiger partial charge in [-0.2, -0.15) is 0 Å². The van der Waals surface area contributed by atoms with E-state index in [1.807, 2.05) is 34.8 Å². The highest BCUT2D eigenvalue weighted by Gasteiger charge is 2.43. The predicted octanol–water partition coefficient (Wildman–Crippen LogP) is 19.8. The van der Waals surface area contributed by atoms with Gasteiger partial charge in [-0.1, -0.05) is 133 Å². The van der Waals surface area contributed by atoms with Crippen molar-refractivity contribution in [2.45, 2.75) is 0 Å². The number of thiophene rings is 2. The van der Waals surface area contributed by atoms with Crippen molar-refractivity contribution >= 4 is 136 Å². The maximum Gasteiger partial charge on any atom is 0.329 e. The smallest absolute Gasteiger partial charge is 0.329 e. The van der Waals surface area contributed by atoms with E-state index >= 15 is 0 Å². The van der Waals surface area contributed by atoms with Crippen molar-refractivity contribution in [1.82, 2.24) is 0 Å². The zero-order valence-electron chi connectivity index (χ0n) is 41.8. The molecule has 6 heterocycles. The molecule has 0 spiro atoms. The first-order valence-corrected chi connectivity index (χ1v) is 28.3. The second kappa shape index (κ2) is 16.0. The molecule has 2 aliphatic heterocycles. The van der Waals surface area contributed by atoms with Crippen LogP contribution >= 0.6 is 22.7 Å². The number of benzene rings is 12. The van der Waals surface area contributed by atoms with Gasteiger partial charge < -0.3 is 13.6 Å². The lowest BCUT2D eigenvalue weighted by Gasteiger charge is -2.44. The fraction of sp³-hybridized carbons (Fsp3) is 0. The van der Waals surface area contributed by atoms with Crippen molar-refractivity contribution in [1.29, 1.82) is 0 Å². The molecule has 0 fully saturated rings. The molecule has 16 aromatic rings. The Morgan fingerprint density at radius 1 is 0.256 bits per heavy atom. The minimum atomic E-state index is -0.0967. The van der Waals surface area contributed by atoms with E-state index in [0.29, 0.717) is 0 Å². The van der Waals surface area contributed by atoms with Gasteiger partial charge in [-0.25, -0.2) is 0 Å². The first-order valence-electron chi connectivity index (χ1n) is 26.6. The third-order valence-electron chi connectivity index (χ3n) is 16.9. The lowest BCUT2D eigenvalue weighted by Crippen LogP contribution is -2.59. The number of hydrogen-bond donors (Lipinski definition) is 0. The molecule has 360 valence electrons. The molecule has 18 rings (SSSR count). The molecule has 0 amide bonds. The molecule has 0 bridgehead atoms. The number of anilines is 2. The molecule has 0 unspecified atom stereocenters. The maximum atomic E-state index is 6.32. The summed E-state index contributed by atoms with van der Waals surface area (Å²) < 4.78 is 17.9. The van der Waals surface area contributed by atoms with Crippen molar-refractivity contribution in [3.8, 4) is 66.8 Å². The molecule has 0 N–H and O–H groups in total. The van der Waals surface area contributed by atoms with Crippen LogP contribution in [0, 0.1) is 0 Å². The van der Waals surface area contributed by atoms with Crippen molar-refractivity contribution < 1.29 is 8.83 Å². The molecule has 4 aromatic heterocycles. The molecule has 12 aromatic carbocycles. The van der Waals surface area contributed by atoms with E-state index in [9.17, 15) is 0 Å². The normalized spacial score (nSPS) is 12.8. The van der Waals surface area contributed by atoms with Crippen LogP contribution in [0.4, 0.5) is 11.4 Å². The van der Waals surface area contributed by atoms with Gasteiger partial charge in [0.2, 0.25) is 0 Å². The number of hydrogen-bond acceptors (Lipinski definition) is 5. The van der Waals surface area contributed by atoms with Crippen LogP contribution in [-0.4, -0.2) is 6.85 Å². The summed E-state index contributed by atoms with van der Waals surface area (Å²) in [6, 6.07) is 90.5. The van der Waals surface area contributed by atoms with Gasteiger partial charge in [0.25, 0.3) is 0 Å². The number of rotatable bonds is 4. The zero-order valence-corrected chi connectivity index (χ0v) is 43.4. The number of para-hydroxylation sites is 2. The Morgan fingerprint density at radius 3 is 1.06 bits per heavy atom. The van der Waals surface area contributed by atoms with E-state index in [1.165, 1.54) is 113 Å². The Balaban J connectivity index is 0.863. The van der Waals surface area contributed by atoms with Crippen molar-refractivity contribution in [3.05, 3.63) is 243 Å². The highest BCUT2D eigenvalue weighted by Crippen LogP contribution is 2.50. The largest absolute Gasteiger partial charge is 0.456 e. The van der Waals surface area contributed by atoms with Crippen molar-refractivity contribution in [2.24, 2.45) is 0 Å². The van der Waals surface area contributed by atoms with E-state index in [2.05, 4.69) is 235 Å². The molecular weight excluding hydrogens is 986 g/mol. The summed E-state index contributed by atoms with van der Waals surface area (Å²) >= 11 is 3.74. The molecule has 78 heavy (non-hydrogen) atoms. The first kappa shape index (κ1) is 42.7. The molecule has 0 saturated carbocycles. The van der Waals surface area contributed by atoms with Crippen LogP contribution in [0.5, 0.6) is 0 Å². The molecule has 0 radical (unpaired) electrons. The SMILES string of the molecule is c1ccc2c(c1)oc1ccc(-c3ccc4c(c3)-c3cc(-c5ccc6oc7ccccc7c6c5)ccc3N3B4c4ccc(-c5ccc6sc7ccccc7c6c5)cc4-c4cc(-c5ccc6sc7ccccc7c6c5)ccc43)cc12. The monoisotopic (exact) mass is 1030 g/mol. The number of nitrogens with zero attached hydrogens (tertiary/aromatic N) is 1. The third-order valence-corrected chi connectivity index (χ3v) is 19.2. The highest BCUT2D eigenvalue weighted by molar-refractivity contribution is 7.26. The van der Waals surface area contributed by atoms with Crippen molar-refractivity contribution in [2.75, 3.05) is 4.81 Å². The summed E-state index contributed by atoms with van der Waals surface area (Å²) in [5.41, 5.74) is 23.0. The highest BCUT2D eigenvalue weighted by atomic mass is 32.1. The van der Waals surface area contributed by atoms with Gasteiger partial charge in [-0.3, -0.25) is 0 Å². The summed E-state index contributed by atoms with van der Waals surface area (Å²) in [5, 5.41) is 9.74. The summed E-state index contributed by atoms with van der Waals surface area (Å²) in [5.74, 6) is 0. The van der Waals surface area contributed by atoms with E-state index < -0.39 is 0 Å². The van der Waals surface area contributed by atoms with Crippen LogP contribution in [0.1, 0.15) is 0 Å². The maximum absolute atomic E-state index is 6.32. The molecular formula is C72H40BNO2S2. The van der Waals surface area contributed by atoms with Crippen LogP contribution in [0.15, 0.2) is 251 Å². The lowest BCUT2D eigenvalue weighted by atomic mass is 9.43. The minimum Gasteiger partial charge on any atom is -0.456 e. The summed E-state index contributed by atoms with van der Waals surface area (Å²) in [4.78, 5) is 2.64. The minimum absolute atomic E-state index is 0.0967. The van der Waals surface area contributed by atoms with Crippen LogP contribution in [0.2, 0.25) is 0 Å². The van der Waals surface area contributed by atoms with Gasteiger partial charge in [0, 0.05) is 84.4 Å². The summed E-state index contributed by atoms with van der Waals surface area (Å²) in [6.07, 6.45) is 0. The topological polar surface area (TPSA) is 29.5 Å². The van der Waals surface area contributed by atoms with Crippen molar-refractivity contribution in [3.63, 3.8) is 0 Å². The second-order valence-corrected chi connectivity index (χ2v) is 23.2. The van der Waals surface area contributed by atoms with E-state index in [1.54, 1.807) is 0 Å². The van der Waals surface area contributed by atoms with E-state index in [0.717, 1.165) is 60.6 Å². The van der Waals surface area contributed by atoms with Gasteiger partial charge in [0.05, 0.1) is 0 Å². The Hall–Kier alpha value is -9.46. The molecule has 0 saturated heterocycles. The molecule has 2 aliphatic rings. The Kier molecular flexibility index (Phi) is 8.79. The van der Waals surface area contributed by atoms with Gasteiger partial charge in [0.15, 0.2) is 0 Å². The quantitative estimate of drug-likeness (QED) is 0.165. The molecule has 0 atom stereocenters. The van der Waals surface area contributed by atoms with Crippen LogP contribution in [0.3, 0.4) is 0 Å². The average molecular weight is 1030 g/mol. The van der Waals surface area contributed by atoms with Gasteiger partial charge >= 0.3 is 6.85 Å². The zero-order chi connectivity index (χ0) is 50.7. The Morgan fingerprint density at radius 2 is 0.590 bits per heavy atom. The van der Waals surface area contributed by atoms with E-state index in [-0.39, 0.29) is 6.85 Å². The van der Waals surface area contributed by atoms with Gasteiger partial charge in [-0.05, 0) is 176 Å². The Labute approximate surface area is 456 Å².